The summed E-state index contributed by atoms with van der Waals surface area (Å²) < 4.78 is 9.65. The molecule has 0 heterocycles. The summed E-state index contributed by atoms with van der Waals surface area (Å²) in [5.74, 6) is -3.34. The van der Waals surface area contributed by atoms with Crippen molar-refractivity contribution in [3.05, 3.63) is 35.9 Å². The minimum absolute atomic E-state index is 0.0302. The lowest BCUT2D eigenvalue weighted by Crippen LogP contribution is -2.50. The van der Waals surface area contributed by atoms with Crippen LogP contribution < -0.4 is 10.6 Å². The molecular weight excluding hydrogens is 356 g/mol. The number of hydrogen-bond acceptors (Lipinski definition) is 6. The summed E-state index contributed by atoms with van der Waals surface area (Å²) in [4.78, 5) is 45.2. The molecule has 136 valence electrons. The van der Waals surface area contributed by atoms with E-state index in [-0.39, 0.29) is 6.61 Å². The summed E-state index contributed by atoms with van der Waals surface area (Å²) in [5, 5.41) is 12.8. The maximum Gasteiger partial charge on any atom is 0.408 e. The minimum atomic E-state index is -1.32. The van der Waals surface area contributed by atoms with E-state index in [0.29, 0.717) is 0 Å². The van der Waals surface area contributed by atoms with Crippen molar-refractivity contribution >= 4 is 35.5 Å². The van der Waals surface area contributed by atoms with Crippen LogP contribution >= 0.6 is 11.6 Å². The molecule has 3 N–H and O–H groups in total. The number of carbonyl (C=O) groups excluding carboxylic acids is 3. The van der Waals surface area contributed by atoms with Crippen molar-refractivity contribution in [2.24, 2.45) is 0 Å². The zero-order valence-electron chi connectivity index (χ0n) is 13.1. The van der Waals surface area contributed by atoms with Crippen LogP contribution in [-0.2, 0) is 30.5 Å². The number of benzene rings is 1. The fourth-order valence-electron chi connectivity index (χ4n) is 1.59. The van der Waals surface area contributed by atoms with Crippen LogP contribution in [0.5, 0.6) is 0 Å². The highest BCUT2D eigenvalue weighted by Crippen LogP contribution is 2.01. The quantitative estimate of drug-likeness (QED) is 0.418. The van der Waals surface area contributed by atoms with Gasteiger partial charge in [-0.1, -0.05) is 30.3 Å². The Morgan fingerprint density at radius 1 is 1.12 bits per heavy atom. The van der Waals surface area contributed by atoms with E-state index >= 15 is 0 Å². The first-order valence-corrected chi connectivity index (χ1v) is 7.64. The molecule has 0 aliphatic carbocycles. The van der Waals surface area contributed by atoms with Gasteiger partial charge in [0.25, 0.3) is 0 Å². The molecule has 0 saturated carbocycles. The van der Waals surface area contributed by atoms with Crippen LogP contribution in [0.2, 0.25) is 0 Å². The SMILES string of the molecule is O=C(O)CNC(=O)[C@H](COC(=O)CCl)NC(=O)OCc1ccccc1. The van der Waals surface area contributed by atoms with Crippen molar-refractivity contribution in [1.29, 1.82) is 0 Å². The molecule has 10 heteroatoms. The van der Waals surface area contributed by atoms with Crippen molar-refractivity contribution in [3.63, 3.8) is 0 Å². The highest BCUT2D eigenvalue weighted by atomic mass is 35.5. The van der Waals surface area contributed by atoms with Crippen molar-refractivity contribution in [3.8, 4) is 0 Å². The number of halogens is 1. The lowest BCUT2D eigenvalue weighted by molar-refractivity contribution is -0.143. The molecule has 0 saturated heterocycles. The molecule has 0 radical (unpaired) electrons. The monoisotopic (exact) mass is 372 g/mol. The standard InChI is InChI=1S/C15H17ClN2O7/c16-6-13(21)24-9-11(14(22)17-7-12(19)20)18-15(23)25-8-10-4-2-1-3-5-10/h1-5,11H,6-9H2,(H,17,22)(H,18,23)(H,19,20)/t11-/m0/s1. The second kappa shape index (κ2) is 10.9. The van der Waals surface area contributed by atoms with E-state index in [2.05, 4.69) is 10.6 Å². The molecule has 1 rings (SSSR count). The first-order chi connectivity index (χ1) is 11.9. The van der Waals surface area contributed by atoms with E-state index in [9.17, 15) is 19.2 Å². The van der Waals surface area contributed by atoms with Gasteiger partial charge in [-0.2, -0.15) is 0 Å². The van der Waals surface area contributed by atoms with Crippen LogP contribution in [0.25, 0.3) is 0 Å². The Labute approximate surface area is 148 Å². The van der Waals surface area contributed by atoms with Gasteiger partial charge in [0.2, 0.25) is 5.91 Å². The molecule has 1 aromatic carbocycles. The molecule has 0 bridgehead atoms. The summed E-state index contributed by atoms with van der Waals surface area (Å²) in [6, 6.07) is 7.50. The van der Waals surface area contributed by atoms with Crippen LogP contribution in [0, 0.1) is 0 Å². The maximum atomic E-state index is 11.9. The van der Waals surface area contributed by atoms with E-state index in [1.807, 2.05) is 0 Å². The number of esters is 1. The summed E-state index contributed by atoms with van der Waals surface area (Å²) in [7, 11) is 0. The van der Waals surface area contributed by atoms with Gasteiger partial charge in [-0.05, 0) is 5.56 Å². The maximum absolute atomic E-state index is 11.9. The molecule has 9 nitrogen and oxygen atoms in total. The number of alkyl carbamates (subject to hydrolysis) is 1. The lowest BCUT2D eigenvalue weighted by Gasteiger charge is -2.17. The first-order valence-electron chi connectivity index (χ1n) is 7.10. The van der Waals surface area contributed by atoms with Crippen molar-refractivity contribution in [1.82, 2.24) is 10.6 Å². The molecule has 0 aliphatic heterocycles. The number of hydrogen-bond donors (Lipinski definition) is 3. The van der Waals surface area contributed by atoms with E-state index in [1.54, 1.807) is 30.3 Å². The molecule has 0 aliphatic rings. The van der Waals surface area contributed by atoms with Gasteiger partial charge in [-0.25, -0.2) is 4.79 Å². The van der Waals surface area contributed by atoms with Crippen LogP contribution in [-0.4, -0.2) is 54.1 Å². The first kappa shape index (κ1) is 20.2. The third-order valence-corrected chi connectivity index (χ3v) is 2.97. The van der Waals surface area contributed by atoms with Gasteiger partial charge in [-0.15, -0.1) is 11.6 Å². The Bertz CT molecular complexity index is 609. The third-order valence-electron chi connectivity index (χ3n) is 2.76. The highest BCUT2D eigenvalue weighted by molar-refractivity contribution is 6.26. The number of carboxylic acid groups (broad SMARTS) is 1. The number of carbonyl (C=O) groups is 4. The zero-order chi connectivity index (χ0) is 18.7. The second-order valence-corrected chi connectivity index (χ2v) is 4.95. The van der Waals surface area contributed by atoms with Gasteiger partial charge < -0.3 is 25.2 Å². The van der Waals surface area contributed by atoms with Gasteiger partial charge in [0.15, 0.2) is 0 Å². The Morgan fingerprint density at radius 2 is 1.80 bits per heavy atom. The lowest BCUT2D eigenvalue weighted by atomic mass is 10.2. The van der Waals surface area contributed by atoms with E-state index in [0.717, 1.165) is 5.56 Å². The Hall–Kier alpha value is -2.81. The Balaban J connectivity index is 2.57. The molecule has 0 unspecified atom stereocenters. The van der Waals surface area contributed by atoms with Crippen LogP contribution in [0.3, 0.4) is 0 Å². The molecular formula is C15H17ClN2O7. The van der Waals surface area contributed by atoms with Gasteiger partial charge in [0, 0.05) is 0 Å². The normalized spacial score (nSPS) is 11.1. The molecule has 0 fully saturated rings. The zero-order valence-corrected chi connectivity index (χ0v) is 13.8. The van der Waals surface area contributed by atoms with Gasteiger partial charge in [0.1, 0.15) is 31.7 Å². The van der Waals surface area contributed by atoms with Gasteiger partial charge in [-0.3, -0.25) is 14.4 Å². The minimum Gasteiger partial charge on any atom is -0.480 e. The number of ether oxygens (including phenoxy) is 2. The molecule has 1 aromatic rings. The van der Waals surface area contributed by atoms with Crippen LogP contribution in [0.15, 0.2) is 30.3 Å². The number of alkyl halides is 1. The Kier molecular flexibility index (Phi) is 8.80. The highest BCUT2D eigenvalue weighted by Gasteiger charge is 2.23. The third kappa shape index (κ3) is 8.56. The smallest absolute Gasteiger partial charge is 0.408 e. The fraction of sp³-hybridized carbons (Fsp3) is 0.333. The summed E-state index contributed by atoms with van der Waals surface area (Å²) >= 11 is 5.28. The average Bonchev–Trinajstić information content (AvgIpc) is 2.61. The van der Waals surface area contributed by atoms with Crippen molar-refractivity contribution in [2.75, 3.05) is 19.0 Å². The van der Waals surface area contributed by atoms with Crippen molar-refractivity contribution < 1.29 is 33.8 Å². The van der Waals surface area contributed by atoms with Crippen molar-refractivity contribution in [2.45, 2.75) is 12.6 Å². The Morgan fingerprint density at radius 3 is 2.40 bits per heavy atom. The second-order valence-electron chi connectivity index (χ2n) is 4.69. The summed E-state index contributed by atoms with van der Waals surface area (Å²) in [6.07, 6.45) is -0.929. The number of carboxylic acids is 1. The number of rotatable bonds is 9. The molecule has 0 aromatic heterocycles. The summed E-state index contributed by atoms with van der Waals surface area (Å²) in [5.41, 5.74) is 0.734. The molecule has 1 atom stereocenters. The largest absolute Gasteiger partial charge is 0.480 e. The average molecular weight is 373 g/mol. The predicted molar refractivity (Wildman–Crippen MR) is 85.9 cm³/mol. The number of amides is 2. The van der Waals surface area contributed by atoms with E-state index < -0.39 is 49.0 Å². The fourth-order valence-corrected chi connectivity index (χ4v) is 1.67. The van der Waals surface area contributed by atoms with Crippen LogP contribution in [0.1, 0.15) is 5.56 Å². The number of nitrogens with one attached hydrogen (secondary N) is 2. The van der Waals surface area contributed by atoms with Gasteiger partial charge >= 0.3 is 18.0 Å². The predicted octanol–water partition coefficient (Wildman–Crippen LogP) is 0.264. The number of aliphatic carboxylic acids is 1. The van der Waals surface area contributed by atoms with E-state index in [4.69, 9.17) is 26.2 Å². The topological polar surface area (TPSA) is 131 Å². The molecule has 25 heavy (non-hydrogen) atoms. The van der Waals surface area contributed by atoms with Gasteiger partial charge in [0.05, 0.1) is 0 Å². The van der Waals surface area contributed by atoms with E-state index in [1.165, 1.54) is 0 Å². The summed E-state index contributed by atoms with van der Waals surface area (Å²) in [6.45, 7) is -1.20. The molecule has 2 amide bonds. The molecule has 0 spiro atoms. The van der Waals surface area contributed by atoms with Crippen LogP contribution in [0.4, 0.5) is 4.79 Å².